The van der Waals surface area contributed by atoms with E-state index in [-0.39, 0.29) is 6.03 Å². The van der Waals surface area contributed by atoms with Crippen LogP contribution < -0.4 is 20.1 Å². The van der Waals surface area contributed by atoms with Gasteiger partial charge < -0.3 is 19.7 Å². The lowest BCUT2D eigenvalue weighted by Crippen LogP contribution is -2.43. The van der Waals surface area contributed by atoms with E-state index in [0.717, 1.165) is 62.1 Å². The van der Waals surface area contributed by atoms with Crippen molar-refractivity contribution in [1.29, 1.82) is 0 Å². The second-order valence-electron chi connectivity index (χ2n) is 10.4. The number of fused-ring (bicyclic) bond motifs is 1. The molecular weight excluding hydrogens is 480 g/mol. The summed E-state index contributed by atoms with van der Waals surface area (Å²) in [7, 11) is 3.21. The Bertz CT molecular complexity index is 1200. The van der Waals surface area contributed by atoms with E-state index in [0.29, 0.717) is 28.5 Å². The van der Waals surface area contributed by atoms with Crippen molar-refractivity contribution in [2.24, 2.45) is 0 Å². The Hall–Kier alpha value is -3.46. The summed E-state index contributed by atoms with van der Waals surface area (Å²) in [5.74, 6) is 2.43. The van der Waals surface area contributed by atoms with Crippen molar-refractivity contribution < 1.29 is 14.3 Å². The average Bonchev–Trinajstić information content (AvgIpc) is 2.88. The second-order valence-corrected chi connectivity index (χ2v) is 10.4. The van der Waals surface area contributed by atoms with Gasteiger partial charge in [-0.15, -0.1) is 0 Å². The second kappa shape index (κ2) is 13.4. The Balaban J connectivity index is 1.90. The van der Waals surface area contributed by atoms with E-state index >= 15 is 0 Å². The number of nitrogens with zero attached hydrogens (tertiary/aromatic N) is 4. The number of methoxy groups -OCH3 is 2. The normalized spacial score (nSPS) is 11.6. The van der Waals surface area contributed by atoms with Crippen LogP contribution in [-0.4, -0.2) is 65.3 Å². The van der Waals surface area contributed by atoms with Gasteiger partial charge in [-0.05, 0) is 77.0 Å². The number of carbonyl (C=O) groups is 1. The largest absolute Gasteiger partial charge is 0.497 e. The number of unbranched alkanes of at least 4 members (excludes halogenated alkanes) is 2. The number of aryl methyl sites for hydroxylation is 1. The fourth-order valence-electron chi connectivity index (χ4n) is 4.21. The van der Waals surface area contributed by atoms with Crippen molar-refractivity contribution in [2.45, 2.75) is 65.8 Å². The Morgan fingerprint density at radius 1 is 0.947 bits per heavy atom. The first-order chi connectivity index (χ1) is 18.1. The van der Waals surface area contributed by atoms with Crippen LogP contribution in [0.15, 0.2) is 30.5 Å². The minimum Gasteiger partial charge on any atom is -0.497 e. The fourth-order valence-corrected chi connectivity index (χ4v) is 4.21. The third-order valence-corrected chi connectivity index (χ3v) is 6.27. The third kappa shape index (κ3) is 8.28. The van der Waals surface area contributed by atoms with Gasteiger partial charge in [0.1, 0.15) is 23.1 Å². The van der Waals surface area contributed by atoms with Gasteiger partial charge in [0.05, 0.1) is 14.2 Å². The highest BCUT2D eigenvalue weighted by molar-refractivity contribution is 5.96. The number of rotatable bonds is 12. The molecule has 2 aromatic heterocycles. The summed E-state index contributed by atoms with van der Waals surface area (Å²) in [5, 5.41) is 6.64. The molecule has 2 heterocycles. The molecule has 0 fully saturated rings. The number of nitrogens with one attached hydrogen (secondary N) is 2. The molecule has 0 aliphatic rings. The molecule has 0 aliphatic carbocycles. The number of ether oxygens (including phenoxy) is 2. The van der Waals surface area contributed by atoms with Crippen LogP contribution in [0, 0.1) is 0 Å². The monoisotopic (exact) mass is 522 g/mol. The number of aromatic nitrogens is 3. The average molecular weight is 523 g/mol. The van der Waals surface area contributed by atoms with Gasteiger partial charge in [0.25, 0.3) is 0 Å². The molecule has 9 nitrogen and oxygen atoms in total. The molecule has 0 atom stereocenters. The molecule has 9 heteroatoms. The van der Waals surface area contributed by atoms with Crippen LogP contribution in [0.5, 0.6) is 11.5 Å². The Labute approximate surface area is 226 Å². The summed E-state index contributed by atoms with van der Waals surface area (Å²) in [6.07, 6.45) is 5.91. The number of amides is 2. The molecule has 38 heavy (non-hydrogen) atoms. The molecule has 2 amide bonds. The van der Waals surface area contributed by atoms with Crippen LogP contribution in [0.3, 0.4) is 0 Å². The van der Waals surface area contributed by atoms with E-state index in [1.807, 2.05) is 39.0 Å². The van der Waals surface area contributed by atoms with Crippen LogP contribution in [0.1, 0.15) is 59.7 Å². The van der Waals surface area contributed by atoms with Gasteiger partial charge in [-0.25, -0.2) is 19.7 Å². The topological polar surface area (TPSA) is 102 Å². The fraction of sp³-hybridized carbons (Fsp3) is 0.517. The first-order valence-corrected chi connectivity index (χ1v) is 13.4. The molecule has 3 aromatic rings. The van der Waals surface area contributed by atoms with Crippen LogP contribution in [0.4, 0.5) is 10.6 Å². The van der Waals surface area contributed by atoms with Gasteiger partial charge in [0.2, 0.25) is 0 Å². The summed E-state index contributed by atoms with van der Waals surface area (Å²) < 4.78 is 10.9. The van der Waals surface area contributed by atoms with Crippen LogP contribution in [-0.2, 0) is 6.42 Å². The summed E-state index contributed by atoms with van der Waals surface area (Å²) in [6, 6.07) is 7.16. The van der Waals surface area contributed by atoms with Gasteiger partial charge in [0.15, 0.2) is 5.65 Å². The number of hydrogen-bond donors (Lipinski definition) is 2. The number of carbonyl (C=O) groups excluding carboxylic acids is 1. The molecule has 3 rings (SSSR count). The number of anilines is 1. The molecule has 1 aromatic carbocycles. The molecule has 0 saturated heterocycles. The quantitative estimate of drug-likeness (QED) is 0.295. The summed E-state index contributed by atoms with van der Waals surface area (Å²) in [5.41, 5.74) is 1.65. The van der Waals surface area contributed by atoms with Crippen molar-refractivity contribution >= 4 is 22.9 Å². The number of pyridine rings is 1. The zero-order valence-corrected chi connectivity index (χ0v) is 23.9. The van der Waals surface area contributed by atoms with Gasteiger partial charge in [-0.1, -0.05) is 20.3 Å². The van der Waals surface area contributed by atoms with Crippen molar-refractivity contribution in [3.05, 3.63) is 36.3 Å². The summed E-state index contributed by atoms with van der Waals surface area (Å²) in [6.45, 7) is 13.5. The Morgan fingerprint density at radius 3 is 2.24 bits per heavy atom. The lowest BCUT2D eigenvalue weighted by atomic mass is 10.0. The van der Waals surface area contributed by atoms with Crippen molar-refractivity contribution in [3.63, 3.8) is 0 Å². The number of urea groups is 1. The third-order valence-electron chi connectivity index (χ3n) is 6.27. The molecular formula is C29H42N6O3. The lowest BCUT2D eigenvalue weighted by molar-refractivity contribution is 0.243. The van der Waals surface area contributed by atoms with E-state index < -0.39 is 5.54 Å². The highest BCUT2D eigenvalue weighted by Gasteiger charge is 2.18. The van der Waals surface area contributed by atoms with E-state index in [9.17, 15) is 4.79 Å². The highest BCUT2D eigenvalue weighted by Crippen LogP contribution is 2.35. The van der Waals surface area contributed by atoms with Crippen LogP contribution in [0.25, 0.3) is 22.2 Å². The predicted octanol–water partition coefficient (Wildman–Crippen LogP) is 5.68. The zero-order chi connectivity index (χ0) is 27.7. The molecule has 0 saturated carbocycles. The SMILES string of the molecule is CCN(CC)CCCCCc1ncc2cc(-c3cc(OC)cc(OC)c3)c(NC(=O)NC(C)(C)C)nc2n1. The first-order valence-electron chi connectivity index (χ1n) is 13.4. The van der Waals surface area contributed by atoms with Gasteiger partial charge in [0, 0.05) is 35.2 Å². The minimum atomic E-state index is -0.402. The molecule has 0 radical (unpaired) electrons. The minimum absolute atomic E-state index is 0.344. The first kappa shape index (κ1) is 29.1. The maximum atomic E-state index is 12.8. The smallest absolute Gasteiger partial charge is 0.320 e. The molecule has 0 bridgehead atoms. The van der Waals surface area contributed by atoms with Crippen LogP contribution in [0.2, 0.25) is 0 Å². The van der Waals surface area contributed by atoms with Crippen molar-refractivity contribution in [3.8, 4) is 22.6 Å². The molecule has 206 valence electrons. The van der Waals surface area contributed by atoms with E-state index in [1.54, 1.807) is 26.5 Å². The van der Waals surface area contributed by atoms with Gasteiger partial charge >= 0.3 is 6.03 Å². The standard InChI is InChI=1S/C29H42N6O3/c1-8-35(9-2)14-12-10-11-13-25-30-19-21-17-24(20-15-22(37-6)18-23(16-20)38-7)27(32-26(21)31-25)33-28(36)34-29(3,4)5/h15-19H,8-14H2,1-7H3,(H2,30,31,32,33,34,36). The number of hydrogen-bond acceptors (Lipinski definition) is 7. The maximum Gasteiger partial charge on any atom is 0.320 e. The van der Waals surface area contributed by atoms with E-state index in [4.69, 9.17) is 19.4 Å². The van der Waals surface area contributed by atoms with Crippen LogP contribution >= 0.6 is 0 Å². The molecule has 0 unspecified atom stereocenters. The molecule has 0 aliphatic heterocycles. The van der Waals surface area contributed by atoms with Crippen molar-refractivity contribution in [1.82, 2.24) is 25.2 Å². The summed E-state index contributed by atoms with van der Waals surface area (Å²) in [4.78, 5) is 29.4. The highest BCUT2D eigenvalue weighted by atomic mass is 16.5. The number of benzene rings is 1. The Morgan fingerprint density at radius 2 is 1.63 bits per heavy atom. The maximum absolute atomic E-state index is 12.8. The van der Waals surface area contributed by atoms with E-state index in [2.05, 4.69) is 34.4 Å². The predicted molar refractivity (Wildman–Crippen MR) is 153 cm³/mol. The summed E-state index contributed by atoms with van der Waals surface area (Å²) >= 11 is 0. The lowest BCUT2D eigenvalue weighted by Gasteiger charge is -2.21. The van der Waals surface area contributed by atoms with E-state index in [1.165, 1.54) is 0 Å². The Kier molecular flexibility index (Phi) is 10.2. The molecule has 2 N–H and O–H groups in total. The van der Waals surface area contributed by atoms with Gasteiger partial charge in [-0.3, -0.25) is 5.32 Å². The van der Waals surface area contributed by atoms with Crippen molar-refractivity contribution in [2.75, 3.05) is 39.2 Å². The van der Waals surface area contributed by atoms with Gasteiger partial charge in [-0.2, -0.15) is 0 Å². The molecule has 0 spiro atoms. The zero-order valence-electron chi connectivity index (χ0n) is 23.9.